The summed E-state index contributed by atoms with van der Waals surface area (Å²) in [7, 11) is 1.61. The molecule has 0 aromatic heterocycles. The molecular weight excluding hydrogens is 232 g/mol. The number of urea groups is 1. The maximum absolute atomic E-state index is 11.9. The number of amides is 2. The molecule has 2 amide bonds. The van der Waals surface area contributed by atoms with Crippen LogP contribution in [-0.4, -0.2) is 30.2 Å². The average Bonchev–Trinajstić information content (AvgIpc) is 2.34. The van der Waals surface area contributed by atoms with Crippen LogP contribution in [0, 0.1) is 6.92 Å². The van der Waals surface area contributed by atoms with E-state index >= 15 is 0 Å². The van der Waals surface area contributed by atoms with Crippen molar-refractivity contribution < 1.29 is 14.7 Å². The van der Waals surface area contributed by atoms with Gasteiger partial charge in [-0.25, -0.2) is 9.59 Å². The van der Waals surface area contributed by atoms with E-state index in [9.17, 15) is 9.59 Å². The minimum absolute atomic E-state index is 0.350. The highest BCUT2D eigenvalue weighted by Crippen LogP contribution is 2.14. The number of aryl methyl sites for hydroxylation is 1. The number of carboxylic acids is 1. The molecule has 0 aliphatic carbocycles. The number of nitrogens with one attached hydrogen (secondary N) is 1. The molecule has 0 bridgehead atoms. The SMILES string of the molecule is CC[C@H](NC(=O)N(C)c1cccc(C)c1)C(=O)O. The van der Waals surface area contributed by atoms with Gasteiger partial charge in [-0.05, 0) is 31.0 Å². The number of benzene rings is 1. The first-order valence-corrected chi connectivity index (χ1v) is 5.79. The summed E-state index contributed by atoms with van der Waals surface area (Å²) >= 11 is 0. The highest BCUT2D eigenvalue weighted by atomic mass is 16.4. The van der Waals surface area contributed by atoms with Crippen molar-refractivity contribution in [2.24, 2.45) is 0 Å². The Labute approximate surface area is 106 Å². The molecular formula is C13H18N2O3. The Balaban J connectivity index is 2.75. The van der Waals surface area contributed by atoms with E-state index in [4.69, 9.17) is 5.11 Å². The monoisotopic (exact) mass is 250 g/mol. The molecule has 0 unspecified atom stereocenters. The van der Waals surface area contributed by atoms with Crippen LogP contribution in [0.15, 0.2) is 24.3 Å². The van der Waals surface area contributed by atoms with Crippen LogP contribution in [0.3, 0.4) is 0 Å². The zero-order valence-corrected chi connectivity index (χ0v) is 10.8. The van der Waals surface area contributed by atoms with Crippen LogP contribution in [0.4, 0.5) is 10.5 Å². The summed E-state index contributed by atoms with van der Waals surface area (Å²) in [6, 6.07) is 6.17. The lowest BCUT2D eigenvalue weighted by Gasteiger charge is -2.21. The Bertz CT molecular complexity index is 446. The number of aliphatic carboxylic acids is 1. The van der Waals surface area contributed by atoms with Crippen molar-refractivity contribution in [3.63, 3.8) is 0 Å². The van der Waals surface area contributed by atoms with Crippen LogP contribution in [0.5, 0.6) is 0 Å². The van der Waals surface area contributed by atoms with Gasteiger partial charge in [-0.1, -0.05) is 19.1 Å². The number of hydrogen-bond donors (Lipinski definition) is 2. The van der Waals surface area contributed by atoms with Crippen molar-refractivity contribution in [2.45, 2.75) is 26.3 Å². The predicted molar refractivity (Wildman–Crippen MR) is 69.8 cm³/mol. The standard InChI is InChI=1S/C13H18N2O3/c1-4-11(12(16)17)14-13(18)15(3)10-7-5-6-9(2)8-10/h5-8,11H,4H2,1-3H3,(H,14,18)(H,16,17)/t11-/m0/s1. The number of nitrogens with zero attached hydrogens (tertiary/aromatic N) is 1. The fraction of sp³-hybridized carbons (Fsp3) is 0.385. The third-order valence-electron chi connectivity index (χ3n) is 2.70. The maximum atomic E-state index is 11.9. The molecule has 2 N–H and O–H groups in total. The van der Waals surface area contributed by atoms with E-state index in [1.165, 1.54) is 4.90 Å². The summed E-state index contributed by atoms with van der Waals surface area (Å²) in [5.74, 6) is -1.02. The predicted octanol–water partition coefficient (Wildman–Crippen LogP) is 2.00. The number of carbonyl (C=O) groups is 2. The summed E-state index contributed by atoms with van der Waals surface area (Å²) in [6.07, 6.45) is 0.350. The zero-order valence-electron chi connectivity index (χ0n) is 10.8. The van der Waals surface area contributed by atoms with Gasteiger partial charge in [0, 0.05) is 12.7 Å². The highest BCUT2D eigenvalue weighted by molar-refractivity contribution is 5.94. The minimum Gasteiger partial charge on any atom is -0.480 e. The Morgan fingerprint density at radius 1 is 1.44 bits per heavy atom. The molecule has 18 heavy (non-hydrogen) atoms. The Morgan fingerprint density at radius 2 is 2.11 bits per heavy atom. The number of anilines is 1. The van der Waals surface area contributed by atoms with E-state index in [2.05, 4.69) is 5.32 Å². The van der Waals surface area contributed by atoms with E-state index in [-0.39, 0.29) is 0 Å². The van der Waals surface area contributed by atoms with E-state index < -0.39 is 18.0 Å². The van der Waals surface area contributed by atoms with Gasteiger partial charge in [0.1, 0.15) is 6.04 Å². The third-order valence-corrected chi connectivity index (χ3v) is 2.70. The van der Waals surface area contributed by atoms with Gasteiger partial charge in [0.2, 0.25) is 0 Å². The number of rotatable bonds is 4. The molecule has 0 saturated carbocycles. The second-order valence-corrected chi connectivity index (χ2v) is 4.15. The van der Waals surface area contributed by atoms with E-state index in [0.29, 0.717) is 6.42 Å². The summed E-state index contributed by atoms with van der Waals surface area (Å²) in [4.78, 5) is 24.1. The molecule has 98 valence electrons. The Kier molecular flexibility index (Phi) is 4.71. The van der Waals surface area contributed by atoms with Crippen molar-refractivity contribution in [3.05, 3.63) is 29.8 Å². The molecule has 0 fully saturated rings. The zero-order chi connectivity index (χ0) is 13.7. The van der Waals surface area contributed by atoms with Crippen LogP contribution in [-0.2, 0) is 4.79 Å². The molecule has 5 heteroatoms. The first-order chi connectivity index (χ1) is 8.45. The van der Waals surface area contributed by atoms with Crippen molar-refractivity contribution in [1.82, 2.24) is 5.32 Å². The number of hydrogen-bond acceptors (Lipinski definition) is 2. The van der Waals surface area contributed by atoms with Gasteiger partial charge < -0.3 is 10.4 Å². The van der Waals surface area contributed by atoms with E-state index in [0.717, 1.165) is 11.3 Å². The molecule has 1 atom stereocenters. The molecule has 1 aromatic rings. The molecule has 5 nitrogen and oxygen atoms in total. The normalized spacial score (nSPS) is 11.7. The van der Waals surface area contributed by atoms with Gasteiger partial charge in [-0.15, -0.1) is 0 Å². The van der Waals surface area contributed by atoms with Crippen LogP contribution >= 0.6 is 0 Å². The van der Waals surface area contributed by atoms with Crippen molar-refractivity contribution in [3.8, 4) is 0 Å². The Morgan fingerprint density at radius 3 is 2.61 bits per heavy atom. The minimum atomic E-state index is -1.02. The first-order valence-electron chi connectivity index (χ1n) is 5.79. The Hall–Kier alpha value is -2.04. The molecule has 0 saturated heterocycles. The quantitative estimate of drug-likeness (QED) is 0.858. The third kappa shape index (κ3) is 3.48. The average molecular weight is 250 g/mol. The highest BCUT2D eigenvalue weighted by Gasteiger charge is 2.20. The van der Waals surface area contributed by atoms with Gasteiger partial charge in [-0.3, -0.25) is 4.90 Å². The van der Waals surface area contributed by atoms with Crippen molar-refractivity contribution in [1.29, 1.82) is 0 Å². The largest absolute Gasteiger partial charge is 0.480 e. The van der Waals surface area contributed by atoms with Crippen LogP contribution in [0.2, 0.25) is 0 Å². The number of carbonyl (C=O) groups excluding carboxylic acids is 1. The van der Waals surface area contributed by atoms with Gasteiger partial charge in [0.25, 0.3) is 0 Å². The summed E-state index contributed by atoms with van der Waals surface area (Å²) in [6.45, 7) is 3.65. The van der Waals surface area contributed by atoms with E-state index in [1.54, 1.807) is 20.0 Å². The number of carboxylic acid groups (broad SMARTS) is 1. The van der Waals surface area contributed by atoms with Crippen molar-refractivity contribution in [2.75, 3.05) is 11.9 Å². The molecule has 1 rings (SSSR count). The second-order valence-electron chi connectivity index (χ2n) is 4.15. The van der Waals surface area contributed by atoms with Crippen LogP contribution in [0.25, 0.3) is 0 Å². The molecule has 0 radical (unpaired) electrons. The van der Waals surface area contributed by atoms with Crippen LogP contribution in [0.1, 0.15) is 18.9 Å². The molecule has 0 aliphatic rings. The second kappa shape index (κ2) is 6.05. The van der Waals surface area contributed by atoms with Gasteiger partial charge >= 0.3 is 12.0 Å². The fourth-order valence-corrected chi connectivity index (χ4v) is 1.54. The lowest BCUT2D eigenvalue weighted by Crippen LogP contribution is -2.46. The van der Waals surface area contributed by atoms with Crippen molar-refractivity contribution >= 4 is 17.7 Å². The fourth-order valence-electron chi connectivity index (χ4n) is 1.54. The lowest BCUT2D eigenvalue weighted by molar-refractivity contribution is -0.139. The van der Waals surface area contributed by atoms with Gasteiger partial charge in [0.15, 0.2) is 0 Å². The summed E-state index contributed by atoms with van der Waals surface area (Å²) in [5.41, 5.74) is 1.77. The molecule has 0 spiro atoms. The smallest absolute Gasteiger partial charge is 0.326 e. The van der Waals surface area contributed by atoms with Gasteiger partial charge in [-0.2, -0.15) is 0 Å². The summed E-state index contributed by atoms with van der Waals surface area (Å²) < 4.78 is 0. The maximum Gasteiger partial charge on any atom is 0.326 e. The molecule has 0 aliphatic heterocycles. The topological polar surface area (TPSA) is 69.6 Å². The first kappa shape index (κ1) is 14.0. The van der Waals surface area contributed by atoms with Gasteiger partial charge in [0.05, 0.1) is 0 Å². The summed E-state index contributed by atoms with van der Waals surface area (Å²) in [5, 5.41) is 11.4. The lowest BCUT2D eigenvalue weighted by atomic mass is 10.2. The van der Waals surface area contributed by atoms with Crippen LogP contribution < -0.4 is 10.2 Å². The molecule has 1 aromatic carbocycles. The molecule has 0 heterocycles. The van der Waals surface area contributed by atoms with E-state index in [1.807, 2.05) is 25.1 Å².